The molecule has 2 N–H and O–H groups in total. The Morgan fingerprint density at radius 2 is 2.36 bits per heavy atom. The first-order valence-corrected chi connectivity index (χ1v) is 4.61. The van der Waals surface area contributed by atoms with Gasteiger partial charge in [-0.25, -0.2) is 0 Å². The Morgan fingerprint density at radius 1 is 1.50 bits per heavy atom. The third-order valence-electron chi connectivity index (χ3n) is 2.15. The van der Waals surface area contributed by atoms with E-state index in [0.717, 1.165) is 18.5 Å². The van der Waals surface area contributed by atoms with E-state index < -0.39 is 0 Å². The molecular weight excluding hydrogens is 178 g/mol. The summed E-state index contributed by atoms with van der Waals surface area (Å²) in [6.07, 6.45) is 1.94. The zero-order chi connectivity index (χ0) is 9.97. The molecule has 14 heavy (non-hydrogen) atoms. The standard InChI is InChI=1S/C10H13N3O/c1-11-5-6-13-7-8-3-2-4-9(14)10(8)12-13/h2-4,7,11,14H,5-6H2,1H3. The molecule has 0 atom stereocenters. The number of likely N-dealkylation sites (N-methyl/N-ethyl adjacent to an activating group) is 1. The quantitative estimate of drug-likeness (QED) is 0.759. The Balaban J connectivity index is 2.36. The molecule has 2 rings (SSSR count). The zero-order valence-corrected chi connectivity index (χ0v) is 8.07. The van der Waals surface area contributed by atoms with Crippen LogP contribution in [0.1, 0.15) is 0 Å². The lowest BCUT2D eigenvalue weighted by Crippen LogP contribution is -2.14. The van der Waals surface area contributed by atoms with Crippen molar-refractivity contribution >= 4 is 10.9 Å². The molecule has 2 aromatic rings. The van der Waals surface area contributed by atoms with Crippen LogP contribution in [0.2, 0.25) is 0 Å². The fourth-order valence-electron chi connectivity index (χ4n) is 1.42. The minimum absolute atomic E-state index is 0.241. The Bertz CT molecular complexity index is 436. The lowest BCUT2D eigenvalue weighted by Gasteiger charge is -1.98. The highest BCUT2D eigenvalue weighted by molar-refractivity contribution is 5.83. The van der Waals surface area contributed by atoms with Crippen LogP contribution in [0, 0.1) is 0 Å². The summed E-state index contributed by atoms with van der Waals surface area (Å²) in [7, 11) is 1.90. The molecule has 0 saturated carbocycles. The molecule has 1 aromatic heterocycles. The van der Waals surface area contributed by atoms with Crippen molar-refractivity contribution in [2.75, 3.05) is 13.6 Å². The Morgan fingerprint density at radius 3 is 3.07 bits per heavy atom. The number of phenolic OH excluding ortho intramolecular Hbond substituents is 1. The molecule has 0 bridgehead atoms. The predicted molar refractivity (Wildman–Crippen MR) is 55.3 cm³/mol. The van der Waals surface area contributed by atoms with E-state index in [1.54, 1.807) is 6.07 Å². The van der Waals surface area contributed by atoms with Gasteiger partial charge in [0.15, 0.2) is 0 Å². The molecular formula is C10H13N3O. The fourth-order valence-corrected chi connectivity index (χ4v) is 1.42. The van der Waals surface area contributed by atoms with Crippen LogP contribution >= 0.6 is 0 Å². The van der Waals surface area contributed by atoms with Crippen LogP contribution in [-0.2, 0) is 6.54 Å². The number of nitrogens with one attached hydrogen (secondary N) is 1. The van der Waals surface area contributed by atoms with Gasteiger partial charge in [0, 0.05) is 18.1 Å². The van der Waals surface area contributed by atoms with E-state index in [-0.39, 0.29) is 5.75 Å². The van der Waals surface area contributed by atoms with Crippen molar-refractivity contribution < 1.29 is 5.11 Å². The van der Waals surface area contributed by atoms with Gasteiger partial charge < -0.3 is 10.4 Å². The Kier molecular flexibility index (Phi) is 2.37. The highest BCUT2D eigenvalue weighted by Crippen LogP contribution is 2.21. The highest BCUT2D eigenvalue weighted by atomic mass is 16.3. The monoisotopic (exact) mass is 191 g/mol. The number of rotatable bonds is 3. The van der Waals surface area contributed by atoms with Gasteiger partial charge in [-0.3, -0.25) is 4.68 Å². The van der Waals surface area contributed by atoms with Gasteiger partial charge in [0.2, 0.25) is 0 Å². The van der Waals surface area contributed by atoms with Gasteiger partial charge in [-0.05, 0) is 13.1 Å². The molecule has 74 valence electrons. The van der Waals surface area contributed by atoms with Gasteiger partial charge in [0.05, 0.1) is 6.54 Å². The number of hydrogen-bond acceptors (Lipinski definition) is 3. The molecule has 4 nitrogen and oxygen atoms in total. The molecule has 1 heterocycles. The van der Waals surface area contributed by atoms with Crippen LogP contribution in [0.25, 0.3) is 10.9 Å². The number of fused-ring (bicyclic) bond motifs is 1. The molecule has 0 amide bonds. The van der Waals surface area contributed by atoms with Crippen LogP contribution in [0.5, 0.6) is 5.75 Å². The van der Waals surface area contributed by atoms with Gasteiger partial charge in [-0.2, -0.15) is 5.10 Å². The first-order chi connectivity index (χ1) is 6.81. The molecule has 0 aliphatic rings. The van der Waals surface area contributed by atoms with Crippen molar-refractivity contribution in [1.29, 1.82) is 0 Å². The number of benzene rings is 1. The summed E-state index contributed by atoms with van der Waals surface area (Å²) in [5, 5.41) is 17.8. The summed E-state index contributed by atoms with van der Waals surface area (Å²) in [4.78, 5) is 0. The average molecular weight is 191 g/mol. The lowest BCUT2D eigenvalue weighted by molar-refractivity contribution is 0.478. The van der Waals surface area contributed by atoms with Gasteiger partial charge in [-0.15, -0.1) is 0 Å². The largest absolute Gasteiger partial charge is 0.506 e. The predicted octanol–water partition coefficient (Wildman–Crippen LogP) is 0.961. The molecule has 0 aliphatic heterocycles. The lowest BCUT2D eigenvalue weighted by atomic mass is 10.2. The fraction of sp³-hybridized carbons (Fsp3) is 0.300. The van der Waals surface area contributed by atoms with Crippen LogP contribution in [0.4, 0.5) is 0 Å². The Hall–Kier alpha value is -1.55. The molecule has 0 radical (unpaired) electrons. The van der Waals surface area contributed by atoms with E-state index in [2.05, 4.69) is 10.4 Å². The van der Waals surface area contributed by atoms with E-state index >= 15 is 0 Å². The van der Waals surface area contributed by atoms with E-state index in [1.807, 2.05) is 30.1 Å². The average Bonchev–Trinajstić information content (AvgIpc) is 2.59. The molecule has 0 fully saturated rings. The summed E-state index contributed by atoms with van der Waals surface area (Å²) >= 11 is 0. The number of hydrogen-bond donors (Lipinski definition) is 2. The second-order valence-corrected chi connectivity index (χ2v) is 3.21. The van der Waals surface area contributed by atoms with Crippen LogP contribution in [0.3, 0.4) is 0 Å². The minimum Gasteiger partial charge on any atom is -0.506 e. The first kappa shape index (κ1) is 9.02. The van der Waals surface area contributed by atoms with E-state index in [9.17, 15) is 5.11 Å². The number of aromatic hydroxyl groups is 1. The molecule has 0 saturated heterocycles. The smallest absolute Gasteiger partial charge is 0.143 e. The van der Waals surface area contributed by atoms with Crippen molar-refractivity contribution in [2.24, 2.45) is 0 Å². The van der Waals surface area contributed by atoms with Gasteiger partial charge in [0.1, 0.15) is 11.3 Å². The van der Waals surface area contributed by atoms with Crippen molar-refractivity contribution in [1.82, 2.24) is 15.1 Å². The third-order valence-corrected chi connectivity index (χ3v) is 2.15. The maximum absolute atomic E-state index is 9.52. The summed E-state index contributed by atoms with van der Waals surface area (Å²) in [6.45, 7) is 1.68. The van der Waals surface area contributed by atoms with Crippen molar-refractivity contribution in [2.45, 2.75) is 6.54 Å². The van der Waals surface area contributed by atoms with E-state index in [0.29, 0.717) is 5.52 Å². The maximum Gasteiger partial charge on any atom is 0.143 e. The summed E-state index contributed by atoms with van der Waals surface area (Å²) < 4.78 is 1.83. The molecule has 0 aliphatic carbocycles. The van der Waals surface area contributed by atoms with Crippen LogP contribution < -0.4 is 5.32 Å². The summed E-state index contributed by atoms with van der Waals surface area (Å²) in [5.41, 5.74) is 0.670. The molecule has 0 spiro atoms. The summed E-state index contributed by atoms with van der Waals surface area (Å²) in [5.74, 6) is 0.241. The number of nitrogens with zero attached hydrogens (tertiary/aromatic N) is 2. The van der Waals surface area contributed by atoms with Gasteiger partial charge in [0.25, 0.3) is 0 Å². The summed E-state index contributed by atoms with van der Waals surface area (Å²) in [6, 6.07) is 5.41. The normalized spacial score (nSPS) is 10.9. The third kappa shape index (κ3) is 1.56. The number of aromatic nitrogens is 2. The molecule has 1 aromatic carbocycles. The topological polar surface area (TPSA) is 50.1 Å². The van der Waals surface area contributed by atoms with Crippen LogP contribution in [-0.4, -0.2) is 28.5 Å². The van der Waals surface area contributed by atoms with Gasteiger partial charge >= 0.3 is 0 Å². The first-order valence-electron chi connectivity index (χ1n) is 4.61. The molecule has 4 heteroatoms. The highest BCUT2D eigenvalue weighted by Gasteiger charge is 2.03. The zero-order valence-electron chi connectivity index (χ0n) is 8.07. The second kappa shape index (κ2) is 3.67. The van der Waals surface area contributed by atoms with Crippen molar-refractivity contribution in [3.63, 3.8) is 0 Å². The second-order valence-electron chi connectivity index (χ2n) is 3.21. The van der Waals surface area contributed by atoms with Crippen LogP contribution in [0.15, 0.2) is 24.4 Å². The Labute approximate surface area is 82.2 Å². The van der Waals surface area contributed by atoms with Crippen molar-refractivity contribution in [3.8, 4) is 5.75 Å². The minimum atomic E-state index is 0.241. The van der Waals surface area contributed by atoms with Crippen molar-refractivity contribution in [3.05, 3.63) is 24.4 Å². The van der Waals surface area contributed by atoms with E-state index in [4.69, 9.17) is 0 Å². The SMILES string of the molecule is CNCCn1cc2cccc(O)c2n1. The maximum atomic E-state index is 9.52. The number of phenols is 1. The van der Waals surface area contributed by atoms with Gasteiger partial charge in [-0.1, -0.05) is 12.1 Å². The van der Waals surface area contributed by atoms with E-state index in [1.165, 1.54) is 0 Å². The molecule has 0 unspecified atom stereocenters.